The van der Waals surface area contributed by atoms with E-state index in [1.807, 2.05) is 0 Å². The molecule has 1 N–H and O–H groups in total. The van der Waals surface area contributed by atoms with Gasteiger partial charge in [0.1, 0.15) is 0 Å². The SMILES string of the molecule is CC(CCNCC1CCN(C)CC1)c1ccccc1. The van der Waals surface area contributed by atoms with Crippen molar-refractivity contribution >= 4 is 0 Å². The first-order valence-corrected chi connectivity index (χ1v) is 7.70. The lowest BCUT2D eigenvalue weighted by atomic mass is 9.96. The van der Waals surface area contributed by atoms with E-state index in [9.17, 15) is 0 Å². The third-order valence-corrected chi connectivity index (χ3v) is 4.39. The van der Waals surface area contributed by atoms with E-state index in [1.54, 1.807) is 0 Å². The fourth-order valence-electron chi connectivity index (χ4n) is 2.84. The van der Waals surface area contributed by atoms with Gasteiger partial charge in [-0.05, 0) is 69.9 Å². The van der Waals surface area contributed by atoms with Gasteiger partial charge in [-0.3, -0.25) is 0 Å². The summed E-state index contributed by atoms with van der Waals surface area (Å²) in [6, 6.07) is 10.8. The molecule has 0 radical (unpaired) electrons. The van der Waals surface area contributed by atoms with Crippen LogP contribution in [0.5, 0.6) is 0 Å². The Kier molecular flexibility index (Phi) is 5.87. The largest absolute Gasteiger partial charge is 0.316 e. The zero-order valence-electron chi connectivity index (χ0n) is 12.4. The Morgan fingerprint density at radius 3 is 2.58 bits per heavy atom. The molecule has 1 unspecified atom stereocenters. The van der Waals surface area contributed by atoms with E-state index in [1.165, 1.54) is 44.5 Å². The first-order chi connectivity index (χ1) is 9.25. The molecule has 1 aromatic rings. The topological polar surface area (TPSA) is 15.3 Å². The van der Waals surface area contributed by atoms with Crippen molar-refractivity contribution in [2.45, 2.75) is 32.1 Å². The van der Waals surface area contributed by atoms with Crippen LogP contribution in [0.2, 0.25) is 0 Å². The average Bonchev–Trinajstić information content (AvgIpc) is 2.46. The van der Waals surface area contributed by atoms with Gasteiger partial charge in [0, 0.05) is 0 Å². The number of hydrogen-bond donors (Lipinski definition) is 1. The van der Waals surface area contributed by atoms with E-state index in [-0.39, 0.29) is 0 Å². The Morgan fingerprint density at radius 2 is 1.89 bits per heavy atom. The molecular formula is C17H28N2. The number of likely N-dealkylation sites (tertiary alicyclic amines) is 1. The van der Waals surface area contributed by atoms with Crippen LogP contribution < -0.4 is 5.32 Å². The van der Waals surface area contributed by atoms with Gasteiger partial charge < -0.3 is 10.2 Å². The van der Waals surface area contributed by atoms with Crippen molar-refractivity contribution in [3.8, 4) is 0 Å². The van der Waals surface area contributed by atoms with Crippen molar-refractivity contribution in [2.75, 3.05) is 33.2 Å². The van der Waals surface area contributed by atoms with Gasteiger partial charge in [-0.15, -0.1) is 0 Å². The van der Waals surface area contributed by atoms with Gasteiger partial charge in [0.05, 0.1) is 0 Å². The molecule has 1 aliphatic rings. The molecule has 2 rings (SSSR count). The number of rotatable bonds is 6. The standard InChI is InChI=1S/C17H28N2/c1-15(17-6-4-3-5-7-17)8-11-18-14-16-9-12-19(2)13-10-16/h3-7,15-16,18H,8-14H2,1-2H3. The number of hydrogen-bond acceptors (Lipinski definition) is 2. The summed E-state index contributed by atoms with van der Waals surface area (Å²) in [5.74, 6) is 1.55. The Balaban J connectivity index is 1.59. The van der Waals surface area contributed by atoms with Crippen molar-refractivity contribution < 1.29 is 0 Å². The second-order valence-corrected chi connectivity index (χ2v) is 6.05. The Morgan fingerprint density at radius 1 is 1.21 bits per heavy atom. The van der Waals surface area contributed by atoms with Crippen LogP contribution in [-0.2, 0) is 0 Å². The smallest absolute Gasteiger partial charge is 0.00187 e. The summed E-state index contributed by atoms with van der Waals surface area (Å²) in [7, 11) is 2.23. The van der Waals surface area contributed by atoms with E-state index in [2.05, 4.69) is 54.5 Å². The number of nitrogens with one attached hydrogen (secondary N) is 1. The molecule has 0 saturated carbocycles. The zero-order chi connectivity index (χ0) is 13.5. The summed E-state index contributed by atoms with van der Waals surface area (Å²) in [5, 5.41) is 3.65. The molecule has 1 atom stereocenters. The fraction of sp³-hybridized carbons (Fsp3) is 0.647. The van der Waals surface area contributed by atoms with Gasteiger partial charge in [-0.1, -0.05) is 37.3 Å². The summed E-state index contributed by atoms with van der Waals surface area (Å²) in [4.78, 5) is 2.44. The quantitative estimate of drug-likeness (QED) is 0.791. The van der Waals surface area contributed by atoms with Gasteiger partial charge in [0.15, 0.2) is 0 Å². The molecular weight excluding hydrogens is 232 g/mol. The second kappa shape index (κ2) is 7.66. The Labute approximate surface area is 118 Å². The predicted octanol–water partition coefficient (Wildman–Crippen LogP) is 3.11. The van der Waals surface area contributed by atoms with Crippen molar-refractivity contribution in [1.29, 1.82) is 0 Å². The van der Waals surface area contributed by atoms with Gasteiger partial charge in [0.2, 0.25) is 0 Å². The maximum absolute atomic E-state index is 3.65. The maximum Gasteiger partial charge on any atom is -0.00187 e. The maximum atomic E-state index is 3.65. The molecule has 1 aliphatic heterocycles. The highest BCUT2D eigenvalue weighted by Gasteiger charge is 2.15. The van der Waals surface area contributed by atoms with Crippen LogP contribution in [0.4, 0.5) is 0 Å². The minimum atomic E-state index is 0.659. The minimum absolute atomic E-state index is 0.659. The molecule has 0 amide bonds. The number of nitrogens with zero attached hydrogens (tertiary/aromatic N) is 1. The fourth-order valence-corrected chi connectivity index (χ4v) is 2.84. The Bertz CT molecular complexity index is 342. The molecule has 0 spiro atoms. The van der Waals surface area contributed by atoms with E-state index >= 15 is 0 Å². The molecule has 19 heavy (non-hydrogen) atoms. The first kappa shape index (κ1) is 14.5. The van der Waals surface area contributed by atoms with Crippen molar-refractivity contribution in [3.05, 3.63) is 35.9 Å². The summed E-state index contributed by atoms with van der Waals surface area (Å²) in [6.07, 6.45) is 3.95. The molecule has 0 aromatic heterocycles. The van der Waals surface area contributed by atoms with Gasteiger partial charge in [0.25, 0.3) is 0 Å². The van der Waals surface area contributed by atoms with Crippen LogP contribution in [0.3, 0.4) is 0 Å². The number of benzene rings is 1. The molecule has 1 heterocycles. The summed E-state index contributed by atoms with van der Waals surface area (Å²) in [5.41, 5.74) is 1.46. The van der Waals surface area contributed by atoms with E-state index in [0.717, 1.165) is 12.5 Å². The lowest BCUT2D eigenvalue weighted by molar-refractivity contribution is 0.216. The van der Waals surface area contributed by atoms with Crippen LogP contribution in [-0.4, -0.2) is 38.1 Å². The lowest BCUT2D eigenvalue weighted by Gasteiger charge is -2.29. The monoisotopic (exact) mass is 260 g/mol. The normalized spacial score (nSPS) is 19.5. The molecule has 0 bridgehead atoms. The van der Waals surface area contributed by atoms with Gasteiger partial charge in [-0.25, -0.2) is 0 Å². The van der Waals surface area contributed by atoms with Gasteiger partial charge >= 0.3 is 0 Å². The number of piperidine rings is 1. The highest BCUT2D eigenvalue weighted by Crippen LogP contribution is 2.18. The third kappa shape index (κ3) is 4.96. The van der Waals surface area contributed by atoms with E-state index in [4.69, 9.17) is 0 Å². The molecule has 1 saturated heterocycles. The molecule has 1 aromatic carbocycles. The summed E-state index contributed by atoms with van der Waals surface area (Å²) >= 11 is 0. The van der Waals surface area contributed by atoms with Crippen LogP contribution >= 0.6 is 0 Å². The van der Waals surface area contributed by atoms with E-state index < -0.39 is 0 Å². The lowest BCUT2D eigenvalue weighted by Crippen LogP contribution is -2.35. The predicted molar refractivity (Wildman–Crippen MR) is 82.6 cm³/mol. The van der Waals surface area contributed by atoms with Crippen molar-refractivity contribution in [3.63, 3.8) is 0 Å². The second-order valence-electron chi connectivity index (χ2n) is 6.05. The molecule has 2 heteroatoms. The zero-order valence-corrected chi connectivity index (χ0v) is 12.4. The van der Waals surface area contributed by atoms with Crippen LogP contribution in [0.15, 0.2) is 30.3 Å². The summed E-state index contributed by atoms with van der Waals surface area (Å²) < 4.78 is 0. The van der Waals surface area contributed by atoms with Crippen molar-refractivity contribution in [1.82, 2.24) is 10.2 Å². The van der Waals surface area contributed by atoms with Crippen LogP contribution in [0, 0.1) is 5.92 Å². The minimum Gasteiger partial charge on any atom is -0.316 e. The first-order valence-electron chi connectivity index (χ1n) is 7.70. The van der Waals surface area contributed by atoms with Crippen molar-refractivity contribution in [2.24, 2.45) is 5.92 Å². The average molecular weight is 260 g/mol. The molecule has 2 nitrogen and oxygen atoms in total. The molecule has 106 valence electrons. The van der Waals surface area contributed by atoms with Crippen LogP contribution in [0.1, 0.15) is 37.7 Å². The third-order valence-electron chi connectivity index (χ3n) is 4.39. The van der Waals surface area contributed by atoms with E-state index in [0.29, 0.717) is 5.92 Å². The van der Waals surface area contributed by atoms with Crippen LogP contribution in [0.25, 0.3) is 0 Å². The summed E-state index contributed by atoms with van der Waals surface area (Å²) in [6.45, 7) is 7.21. The molecule has 0 aliphatic carbocycles. The highest BCUT2D eigenvalue weighted by atomic mass is 15.1. The highest BCUT2D eigenvalue weighted by molar-refractivity contribution is 5.18. The molecule has 1 fully saturated rings. The van der Waals surface area contributed by atoms with Gasteiger partial charge in [-0.2, -0.15) is 0 Å². The Hall–Kier alpha value is -0.860.